The van der Waals surface area contributed by atoms with Gasteiger partial charge in [0.25, 0.3) is 5.91 Å². The first-order valence-electron chi connectivity index (χ1n) is 9.31. The highest BCUT2D eigenvalue weighted by atomic mass is 32.1. The zero-order valence-electron chi connectivity index (χ0n) is 15.3. The van der Waals surface area contributed by atoms with Gasteiger partial charge in [-0.2, -0.15) is 5.10 Å². The average Bonchev–Trinajstić information content (AvgIpc) is 3.44. The molecule has 1 fully saturated rings. The van der Waals surface area contributed by atoms with Crippen molar-refractivity contribution in [2.75, 3.05) is 10.6 Å². The van der Waals surface area contributed by atoms with Gasteiger partial charge in [0.1, 0.15) is 5.82 Å². The summed E-state index contributed by atoms with van der Waals surface area (Å²) in [5, 5.41) is 12.2. The fraction of sp³-hybridized carbons (Fsp3) is 0.368. The summed E-state index contributed by atoms with van der Waals surface area (Å²) >= 11 is 1.27. The van der Waals surface area contributed by atoms with Crippen molar-refractivity contribution in [2.24, 2.45) is 0 Å². The van der Waals surface area contributed by atoms with E-state index in [1.807, 2.05) is 10.7 Å². The fourth-order valence-corrected chi connectivity index (χ4v) is 4.10. The zero-order valence-corrected chi connectivity index (χ0v) is 16.1. The minimum Gasteiger partial charge on any atom is -0.459 e. The molecular formula is C19H21N5O3S. The molecule has 0 aromatic carbocycles. The SMILES string of the molecule is O=C(Cc1csc(NC(=O)c2ccco2)n1)Nc1ccnn1C1CCCCC1. The molecule has 8 nitrogen and oxygen atoms in total. The minimum atomic E-state index is -0.369. The van der Waals surface area contributed by atoms with Crippen LogP contribution < -0.4 is 10.6 Å². The van der Waals surface area contributed by atoms with Gasteiger partial charge in [-0.25, -0.2) is 9.67 Å². The molecule has 1 saturated carbocycles. The number of rotatable bonds is 6. The van der Waals surface area contributed by atoms with Crippen molar-refractivity contribution in [2.45, 2.75) is 44.6 Å². The van der Waals surface area contributed by atoms with Gasteiger partial charge >= 0.3 is 0 Å². The molecule has 3 aromatic rings. The number of nitrogens with zero attached hydrogens (tertiary/aromatic N) is 3. The highest BCUT2D eigenvalue weighted by molar-refractivity contribution is 7.14. The smallest absolute Gasteiger partial charge is 0.293 e. The summed E-state index contributed by atoms with van der Waals surface area (Å²) in [5.41, 5.74) is 0.598. The standard InChI is InChI=1S/C19H21N5O3S/c25-17(22-16-8-9-20-24(16)14-5-2-1-3-6-14)11-13-12-28-19(21-13)23-18(26)15-7-4-10-27-15/h4,7-10,12,14H,1-3,5-6,11H2,(H,22,25)(H,21,23,26). The largest absolute Gasteiger partial charge is 0.459 e. The van der Waals surface area contributed by atoms with Crippen molar-refractivity contribution >= 4 is 34.1 Å². The Morgan fingerprint density at radius 2 is 2.07 bits per heavy atom. The molecule has 3 aromatic heterocycles. The molecule has 1 aliphatic rings. The Labute approximate surface area is 166 Å². The fourth-order valence-electron chi connectivity index (χ4n) is 3.39. The molecule has 9 heteroatoms. The van der Waals surface area contributed by atoms with Gasteiger partial charge in [0, 0.05) is 11.4 Å². The number of amides is 2. The number of carbonyl (C=O) groups excluding carboxylic acids is 2. The third-order valence-electron chi connectivity index (χ3n) is 4.72. The maximum Gasteiger partial charge on any atom is 0.293 e. The van der Waals surface area contributed by atoms with Gasteiger partial charge in [-0.1, -0.05) is 19.3 Å². The normalized spacial score (nSPS) is 14.7. The minimum absolute atomic E-state index is 0.128. The number of thiazole rings is 1. The lowest BCUT2D eigenvalue weighted by molar-refractivity contribution is -0.115. The number of hydrogen-bond acceptors (Lipinski definition) is 6. The van der Waals surface area contributed by atoms with E-state index in [2.05, 4.69) is 20.7 Å². The summed E-state index contributed by atoms with van der Waals surface area (Å²) < 4.78 is 6.97. The first-order valence-corrected chi connectivity index (χ1v) is 10.2. The maximum absolute atomic E-state index is 12.4. The molecule has 0 saturated heterocycles. The number of nitrogens with one attached hydrogen (secondary N) is 2. The average molecular weight is 399 g/mol. The Morgan fingerprint density at radius 3 is 2.86 bits per heavy atom. The second-order valence-corrected chi connectivity index (χ2v) is 7.61. The van der Waals surface area contributed by atoms with Crippen LogP contribution in [0.2, 0.25) is 0 Å². The summed E-state index contributed by atoms with van der Waals surface area (Å²) in [7, 11) is 0. The quantitative estimate of drug-likeness (QED) is 0.655. The van der Waals surface area contributed by atoms with Crippen LogP contribution >= 0.6 is 11.3 Å². The lowest BCUT2D eigenvalue weighted by atomic mass is 9.96. The Morgan fingerprint density at radius 1 is 1.21 bits per heavy atom. The first kappa shape index (κ1) is 18.4. The number of furan rings is 1. The molecule has 0 spiro atoms. The monoisotopic (exact) mass is 399 g/mol. The Bertz CT molecular complexity index is 941. The number of anilines is 2. The van der Waals surface area contributed by atoms with Crippen molar-refractivity contribution in [1.29, 1.82) is 0 Å². The Hall–Kier alpha value is -2.94. The van der Waals surface area contributed by atoms with Crippen molar-refractivity contribution in [1.82, 2.24) is 14.8 Å². The van der Waals surface area contributed by atoms with E-state index >= 15 is 0 Å². The van der Waals surface area contributed by atoms with Crippen molar-refractivity contribution in [3.63, 3.8) is 0 Å². The van der Waals surface area contributed by atoms with Gasteiger partial charge in [-0.05, 0) is 25.0 Å². The van der Waals surface area contributed by atoms with Gasteiger partial charge in [-0.15, -0.1) is 11.3 Å². The summed E-state index contributed by atoms with van der Waals surface area (Å²) in [4.78, 5) is 28.7. The molecule has 4 rings (SSSR count). The lowest BCUT2D eigenvalue weighted by Gasteiger charge is -2.23. The Balaban J connectivity index is 1.34. The molecule has 2 N–H and O–H groups in total. The summed E-state index contributed by atoms with van der Waals surface area (Å²) in [6.07, 6.45) is 9.13. The molecular weight excluding hydrogens is 378 g/mol. The van der Waals surface area contributed by atoms with Crippen LogP contribution in [0.1, 0.15) is 54.4 Å². The number of carbonyl (C=O) groups is 2. The van der Waals surface area contributed by atoms with E-state index in [1.165, 1.54) is 36.9 Å². The molecule has 0 unspecified atom stereocenters. The van der Waals surface area contributed by atoms with E-state index in [4.69, 9.17) is 4.42 Å². The van der Waals surface area contributed by atoms with Crippen LogP contribution in [0.5, 0.6) is 0 Å². The molecule has 2 amide bonds. The summed E-state index contributed by atoms with van der Waals surface area (Å²) in [6, 6.07) is 5.39. The third kappa shape index (κ3) is 4.30. The maximum atomic E-state index is 12.4. The van der Waals surface area contributed by atoms with E-state index in [-0.39, 0.29) is 24.0 Å². The summed E-state index contributed by atoms with van der Waals surface area (Å²) in [5.74, 6) is 0.405. The molecule has 0 atom stereocenters. The van der Waals surface area contributed by atoms with Crippen molar-refractivity contribution in [3.05, 3.63) is 47.5 Å². The molecule has 3 heterocycles. The van der Waals surface area contributed by atoms with Crippen LogP contribution in [0.15, 0.2) is 40.5 Å². The van der Waals surface area contributed by atoms with Crippen molar-refractivity contribution < 1.29 is 14.0 Å². The van der Waals surface area contributed by atoms with Crippen LogP contribution in [0.4, 0.5) is 10.9 Å². The second-order valence-electron chi connectivity index (χ2n) is 6.75. The van der Waals surface area contributed by atoms with Gasteiger partial charge in [-0.3, -0.25) is 14.9 Å². The Kier molecular flexibility index (Phi) is 5.52. The molecule has 0 radical (unpaired) electrons. The van der Waals surface area contributed by atoms with E-state index in [9.17, 15) is 9.59 Å². The molecule has 28 heavy (non-hydrogen) atoms. The first-order chi connectivity index (χ1) is 13.7. The van der Waals surface area contributed by atoms with Gasteiger partial charge in [0.05, 0.1) is 30.6 Å². The van der Waals surface area contributed by atoms with E-state index in [1.54, 1.807) is 23.7 Å². The zero-order chi connectivity index (χ0) is 19.3. The molecule has 0 aliphatic heterocycles. The highest BCUT2D eigenvalue weighted by Crippen LogP contribution is 2.30. The summed E-state index contributed by atoms with van der Waals surface area (Å²) in [6.45, 7) is 0. The predicted octanol–water partition coefficient (Wildman–Crippen LogP) is 3.87. The van der Waals surface area contributed by atoms with Crippen LogP contribution in [0, 0.1) is 0 Å². The molecule has 146 valence electrons. The number of aromatic nitrogens is 3. The highest BCUT2D eigenvalue weighted by Gasteiger charge is 2.19. The van der Waals surface area contributed by atoms with Gasteiger partial charge in [0.2, 0.25) is 5.91 Å². The van der Waals surface area contributed by atoms with Gasteiger partial charge in [0.15, 0.2) is 10.9 Å². The van der Waals surface area contributed by atoms with E-state index in [0.717, 1.165) is 18.7 Å². The topological polar surface area (TPSA) is 102 Å². The van der Waals surface area contributed by atoms with Crippen LogP contribution in [-0.4, -0.2) is 26.6 Å². The van der Waals surface area contributed by atoms with Crippen LogP contribution in [-0.2, 0) is 11.2 Å². The second kappa shape index (κ2) is 8.39. The van der Waals surface area contributed by atoms with E-state index < -0.39 is 0 Å². The van der Waals surface area contributed by atoms with Gasteiger partial charge < -0.3 is 9.73 Å². The van der Waals surface area contributed by atoms with Crippen LogP contribution in [0.3, 0.4) is 0 Å². The van der Waals surface area contributed by atoms with E-state index in [0.29, 0.717) is 16.9 Å². The molecule has 0 bridgehead atoms. The van der Waals surface area contributed by atoms with Crippen LogP contribution in [0.25, 0.3) is 0 Å². The molecule has 1 aliphatic carbocycles. The number of hydrogen-bond donors (Lipinski definition) is 2. The lowest BCUT2D eigenvalue weighted by Crippen LogP contribution is -2.21. The van der Waals surface area contributed by atoms with Crippen molar-refractivity contribution in [3.8, 4) is 0 Å². The predicted molar refractivity (Wildman–Crippen MR) is 105 cm³/mol. The third-order valence-corrected chi connectivity index (χ3v) is 5.52.